The van der Waals surface area contributed by atoms with Crippen LogP contribution in [0.3, 0.4) is 0 Å². The Morgan fingerprint density at radius 2 is 1.47 bits per heavy atom. The molecular weight excluding hydrogens is 1340 g/mol. The number of halogens is 1. The third-order valence-electron chi connectivity index (χ3n) is 16.3. The SMILES string of the molecule is CCCOC(=O)Oc1cc2c(c3ccccc13)C(CCl)CN2C(=O)c1cc2cc(CC(=O)c3cc4ccccc4[nH]3)ccc2[nH]1.CSSCC(CC(=O)C(CC(=O)O)NC(=O)C(N)CNC(=O)CCC(CC(=O)c1ccc(CCc2cnc3nc(N)[nH]c(=O)c3n2)cc1)C(=O)O)C(=O)O. The number of carbonyl (C=O) groups excluding carboxylic acids is 7. The number of aromatic amines is 3. The molecule has 10 rings (SSSR count). The van der Waals surface area contributed by atoms with Gasteiger partial charge in [0.25, 0.3) is 11.5 Å². The van der Waals surface area contributed by atoms with Gasteiger partial charge in [0.05, 0.1) is 54.2 Å². The number of fused-ring (bicyclic) bond motifs is 6. The Bertz CT molecular complexity index is 4590. The Kier molecular flexibility index (Phi) is 24.7. The van der Waals surface area contributed by atoms with Crippen LogP contribution in [-0.4, -0.2) is 154 Å². The van der Waals surface area contributed by atoms with E-state index in [0.29, 0.717) is 60.2 Å². The predicted octanol–water partition coefficient (Wildman–Crippen LogP) is 8.34. The van der Waals surface area contributed by atoms with E-state index in [1.807, 2.05) is 85.8 Å². The van der Waals surface area contributed by atoms with Crippen LogP contribution >= 0.6 is 33.2 Å². The third-order valence-corrected chi connectivity index (χ3v) is 18.6. The second-order valence-corrected chi connectivity index (χ2v) is 26.3. The summed E-state index contributed by atoms with van der Waals surface area (Å²) in [6, 6.07) is 30.1. The molecule has 30 heteroatoms. The molecule has 0 saturated carbocycles. The molecular formula is C69H70ClN11O16S2. The number of carbonyl (C=O) groups is 10. The van der Waals surface area contributed by atoms with Crippen molar-refractivity contribution in [2.45, 2.75) is 82.7 Å². The Hall–Kier alpha value is -10.5. The molecule has 5 atom stereocenters. The van der Waals surface area contributed by atoms with E-state index in [1.54, 1.807) is 41.5 Å². The van der Waals surface area contributed by atoms with Crippen molar-refractivity contribution in [3.05, 3.63) is 165 Å². The van der Waals surface area contributed by atoms with Crippen LogP contribution in [0.2, 0.25) is 0 Å². The fraction of sp³-hybridized carbons (Fsp3) is 0.304. The number of hydrogen-bond donors (Lipinski definition) is 10. The quantitative estimate of drug-likeness (QED) is 0.00641. The molecule has 5 aromatic carbocycles. The van der Waals surface area contributed by atoms with Crippen LogP contribution < -0.4 is 37.3 Å². The normalized spacial score (nSPS) is 13.7. The van der Waals surface area contributed by atoms with Crippen LogP contribution in [0.5, 0.6) is 5.75 Å². The zero-order valence-electron chi connectivity index (χ0n) is 53.5. The average molecular weight is 1410 g/mol. The van der Waals surface area contributed by atoms with E-state index in [2.05, 4.69) is 40.5 Å². The molecule has 4 aromatic heterocycles. The second-order valence-electron chi connectivity index (χ2n) is 23.4. The number of ether oxygens (including phenoxy) is 2. The third kappa shape index (κ3) is 18.8. The highest BCUT2D eigenvalue weighted by Gasteiger charge is 2.37. The van der Waals surface area contributed by atoms with Crippen molar-refractivity contribution in [3.63, 3.8) is 0 Å². The van der Waals surface area contributed by atoms with E-state index >= 15 is 0 Å². The fourth-order valence-electron chi connectivity index (χ4n) is 11.2. The minimum absolute atomic E-state index is 0.0120. The summed E-state index contributed by atoms with van der Waals surface area (Å²) in [6.07, 6.45) is 2.00. The smallest absolute Gasteiger partial charge is 0.481 e. The van der Waals surface area contributed by atoms with Crippen LogP contribution in [0.1, 0.15) is 105 Å². The summed E-state index contributed by atoms with van der Waals surface area (Å²) >= 11 is 6.44. The number of aliphatic carboxylic acids is 3. The first-order valence-electron chi connectivity index (χ1n) is 31.3. The van der Waals surface area contributed by atoms with Gasteiger partial charge in [-0.1, -0.05) is 101 Å². The first kappa shape index (κ1) is 72.8. The molecule has 5 unspecified atom stereocenters. The largest absolute Gasteiger partial charge is 0.513 e. The number of anilines is 2. The molecule has 99 heavy (non-hydrogen) atoms. The van der Waals surface area contributed by atoms with Crippen LogP contribution in [-0.2, 0) is 52.8 Å². The van der Waals surface area contributed by atoms with Crippen molar-refractivity contribution in [1.82, 2.24) is 40.5 Å². The number of carboxylic acid groups (broad SMARTS) is 3. The van der Waals surface area contributed by atoms with E-state index in [9.17, 15) is 68.1 Å². The van der Waals surface area contributed by atoms with Gasteiger partial charge in [0.15, 0.2) is 28.5 Å². The average Bonchev–Trinajstić information content (AvgIpc) is 1.62. The number of nitrogen functional groups attached to an aromatic ring is 1. The number of para-hydroxylation sites is 1. The van der Waals surface area contributed by atoms with Gasteiger partial charge in [0.2, 0.25) is 17.8 Å². The van der Waals surface area contributed by atoms with E-state index < -0.39 is 96.3 Å². The number of aromatic nitrogens is 6. The molecule has 9 aromatic rings. The maximum Gasteiger partial charge on any atom is 0.513 e. The summed E-state index contributed by atoms with van der Waals surface area (Å²) in [6.45, 7) is 2.09. The number of H-pyrrole nitrogens is 3. The molecule has 12 N–H and O–H groups in total. The van der Waals surface area contributed by atoms with Crippen LogP contribution in [0.15, 0.2) is 120 Å². The number of nitrogens with zero attached hydrogens (tertiary/aromatic N) is 4. The number of nitrogens with one attached hydrogen (secondary N) is 5. The Labute approximate surface area is 577 Å². The highest BCUT2D eigenvalue weighted by atomic mass is 35.5. The zero-order chi connectivity index (χ0) is 71.0. The summed E-state index contributed by atoms with van der Waals surface area (Å²) in [5.74, 6) is -8.87. The Morgan fingerprint density at radius 1 is 0.778 bits per heavy atom. The number of carboxylic acids is 3. The number of Topliss-reactive ketones (excluding diaryl/α,β-unsaturated/α-hetero) is 3. The predicted molar refractivity (Wildman–Crippen MR) is 373 cm³/mol. The molecule has 0 bridgehead atoms. The second kappa shape index (κ2) is 33.6. The van der Waals surface area contributed by atoms with Crippen molar-refractivity contribution in [3.8, 4) is 5.75 Å². The maximum absolute atomic E-state index is 14.0. The lowest BCUT2D eigenvalue weighted by atomic mass is 9.93. The van der Waals surface area contributed by atoms with Gasteiger partial charge in [-0.25, -0.2) is 14.8 Å². The highest BCUT2D eigenvalue weighted by molar-refractivity contribution is 8.76. The lowest BCUT2D eigenvalue weighted by molar-refractivity contribution is -0.144. The van der Waals surface area contributed by atoms with E-state index in [4.69, 9.17) is 32.5 Å². The molecule has 0 radical (unpaired) electrons. The van der Waals surface area contributed by atoms with Gasteiger partial charge < -0.3 is 61.8 Å². The molecule has 0 aliphatic carbocycles. The summed E-state index contributed by atoms with van der Waals surface area (Å²) in [5.41, 5.74) is 17.8. The van der Waals surface area contributed by atoms with Crippen molar-refractivity contribution in [1.29, 1.82) is 0 Å². The maximum atomic E-state index is 14.0. The number of rotatable bonds is 31. The van der Waals surface area contributed by atoms with Gasteiger partial charge >= 0.3 is 24.1 Å². The number of hydrogen-bond acceptors (Lipinski definition) is 20. The van der Waals surface area contributed by atoms with Crippen molar-refractivity contribution >= 4 is 148 Å². The standard InChI is InChI=1S/C36H30ClN3O5.C33H40N8O11S2/c1-2-13-44-36(43)45-33-18-31-34(26-9-5-4-8-25(26)33)24(19-37)20-40(31)35(42)30-17-23-14-21(11-12-28(23)39-30)15-32(41)29-16-22-7-3-6-10-27(22)38-29;1-53-54-15-19(32(51)52)11-24(43)22(12-26(45)46)39-29(47)21(34)14-36-25(44)9-7-18(31(49)50)10-23(42)17-5-2-16(3-6-17)4-8-20-13-37-28-27(38-20)30(48)41-33(35)40-28/h3-12,14,16-18,24,38-39H,2,13,15,19-20H2,1H3;2-3,5-6,13,18-19,21-22H,4,7-12,14-15,34H2,1H3,(H,36,44)(H,39,47)(H,45,46)(H,49,50)(H,51,52)(H3,35,37,40,41,48). The Morgan fingerprint density at radius 3 is 2.18 bits per heavy atom. The number of nitrogens with two attached hydrogens (primary N) is 2. The summed E-state index contributed by atoms with van der Waals surface area (Å²) in [4.78, 5) is 160. The topological polar surface area (TPSA) is 432 Å². The molecule has 516 valence electrons. The monoisotopic (exact) mass is 1410 g/mol. The van der Waals surface area contributed by atoms with E-state index in [1.165, 1.54) is 27.8 Å². The van der Waals surface area contributed by atoms with Crippen molar-refractivity contribution < 1.29 is 72.7 Å². The Balaban J connectivity index is 0.000000234. The first-order chi connectivity index (χ1) is 47.5. The molecule has 1 aliphatic rings. The molecule has 0 fully saturated rings. The lowest BCUT2D eigenvalue weighted by Gasteiger charge is -2.20. The van der Waals surface area contributed by atoms with Gasteiger partial charge in [-0.05, 0) is 84.3 Å². The van der Waals surface area contributed by atoms with Gasteiger partial charge in [0, 0.05) is 95.1 Å². The van der Waals surface area contributed by atoms with Gasteiger partial charge in [0.1, 0.15) is 17.5 Å². The summed E-state index contributed by atoms with van der Waals surface area (Å²) < 4.78 is 10.8. The van der Waals surface area contributed by atoms with Crippen molar-refractivity contribution in [2.75, 3.05) is 48.2 Å². The molecule has 5 heterocycles. The zero-order valence-corrected chi connectivity index (χ0v) is 55.9. The minimum atomic E-state index is -1.56. The number of amides is 3. The molecule has 0 saturated heterocycles. The summed E-state index contributed by atoms with van der Waals surface area (Å²) in [7, 11) is 2.50. The number of alkyl halides is 1. The van der Waals surface area contributed by atoms with Gasteiger partial charge in [-0.15, -0.1) is 11.6 Å². The van der Waals surface area contributed by atoms with Crippen molar-refractivity contribution in [2.24, 2.45) is 17.6 Å². The number of aryl methyl sites for hydroxylation is 2. The fourth-order valence-corrected chi connectivity index (χ4v) is 12.9. The van der Waals surface area contributed by atoms with E-state index in [0.717, 1.165) is 49.3 Å². The van der Waals surface area contributed by atoms with Gasteiger partial charge in [-0.3, -0.25) is 52.9 Å². The first-order valence-corrected chi connectivity index (χ1v) is 34.6. The molecule has 1 aliphatic heterocycles. The van der Waals surface area contributed by atoms with Crippen LogP contribution in [0.4, 0.5) is 16.4 Å². The molecule has 3 amide bonds. The lowest BCUT2D eigenvalue weighted by Crippen LogP contribution is -2.53. The van der Waals surface area contributed by atoms with Gasteiger partial charge in [-0.2, -0.15) is 4.98 Å². The van der Waals surface area contributed by atoms with Crippen LogP contribution in [0, 0.1) is 11.8 Å². The highest BCUT2D eigenvalue weighted by Crippen LogP contribution is 2.46. The number of ketones is 3. The molecule has 0 spiro atoms. The van der Waals surface area contributed by atoms with Crippen LogP contribution in [0.25, 0.3) is 43.7 Å². The minimum Gasteiger partial charge on any atom is -0.481 e. The number of benzene rings is 5. The molecule has 27 nitrogen and oxygen atoms in total. The van der Waals surface area contributed by atoms with E-state index in [-0.39, 0.29) is 78.3 Å². The summed E-state index contributed by atoms with van der Waals surface area (Å²) in [5, 5.41) is 36.3.